The summed E-state index contributed by atoms with van der Waals surface area (Å²) in [5, 5.41) is 9.34. The first kappa shape index (κ1) is 25.0. The average Bonchev–Trinajstić information content (AvgIpc) is 3.64. The van der Waals surface area contributed by atoms with E-state index in [0.29, 0.717) is 0 Å². The van der Waals surface area contributed by atoms with Crippen LogP contribution in [0.4, 0.5) is 0 Å². The summed E-state index contributed by atoms with van der Waals surface area (Å²) in [7, 11) is 0. The lowest BCUT2D eigenvalue weighted by molar-refractivity contribution is 0.0376. The van der Waals surface area contributed by atoms with Gasteiger partial charge < -0.3 is 13.5 Å². The first-order valence-electron chi connectivity index (χ1n) is 15.2. The molecular formula is C39H31BO3. The molecular weight excluding hydrogens is 527 g/mol. The predicted octanol–water partition coefficient (Wildman–Crippen LogP) is 10.5. The van der Waals surface area contributed by atoms with Crippen molar-refractivity contribution in [2.45, 2.75) is 39.6 Å². The number of benzene rings is 6. The average molecular weight is 558 g/mol. The lowest BCUT2D eigenvalue weighted by Crippen LogP contribution is -2.36. The molecule has 3 heterocycles. The van der Waals surface area contributed by atoms with Crippen LogP contribution in [0, 0.1) is 5.41 Å². The molecule has 8 aromatic rings. The highest BCUT2D eigenvalue weighted by molar-refractivity contribution is 6.71. The van der Waals surface area contributed by atoms with Crippen molar-refractivity contribution in [1.29, 1.82) is 0 Å². The fourth-order valence-corrected chi connectivity index (χ4v) is 7.23. The summed E-state index contributed by atoms with van der Waals surface area (Å²) in [6.07, 6.45) is 0.945. The lowest BCUT2D eigenvalue weighted by atomic mass is 9.53. The van der Waals surface area contributed by atoms with Crippen LogP contribution < -0.4 is 5.46 Å². The molecule has 43 heavy (non-hydrogen) atoms. The second kappa shape index (κ2) is 8.52. The number of hydrogen-bond donors (Lipinski definition) is 0. The Morgan fingerprint density at radius 1 is 0.558 bits per heavy atom. The van der Waals surface area contributed by atoms with Crippen LogP contribution in [0.5, 0.6) is 0 Å². The molecule has 208 valence electrons. The number of hydrogen-bond acceptors (Lipinski definition) is 3. The molecule has 4 heteroatoms. The minimum Gasteiger partial charge on any atom is -0.456 e. The van der Waals surface area contributed by atoms with Gasteiger partial charge in [0.05, 0.1) is 5.60 Å². The molecule has 0 spiro atoms. The van der Waals surface area contributed by atoms with Crippen LogP contribution in [0.2, 0.25) is 6.32 Å². The number of rotatable bonds is 2. The van der Waals surface area contributed by atoms with Crippen LogP contribution >= 0.6 is 0 Å². The van der Waals surface area contributed by atoms with Gasteiger partial charge in [-0.05, 0) is 94.7 Å². The van der Waals surface area contributed by atoms with Crippen LogP contribution in [0.1, 0.15) is 27.7 Å². The lowest BCUT2D eigenvalue weighted by Gasteiger charge is -2.34. The summed E-state index contributed by atoms with van der Waals surface area (Å²) in [5.74, 6) is 0. The molecule has 1 aliphatic rings. The Hall–Kier alpha value is -4.54. The molecule has 0 radical (unpaired) electrons. The summed E-state index contributed by atoms with van der Waals surface area (Å²) >= 11 is 0. The van der Waals surface area contributed by atoms with Crippen molar-refractivity contribution in [3.05, 3.63) is 103 Å². The van der Waals surface area contributed by atoms with E-state index in [1.807, 2.05) is 12.1 Å². The van der Waals surface area contributed by atoms with Gasteiger partial charge in [0.2, 0.25) is 0 Å². The normalized spacial score (nSPS) is 16.5. The van der Waals surface area contributed by atoms with Crippen LogP contribution in [-0.2, 0) is 4.65 Å². The Morgan fingerprint density at radius 2 is 1.26 bits per heavy atom. The summed E-state index contributed by atoms with van der Waals surface area (Å²) in [5.41, 5.74) is 7.02. The van der Waals surface area contributed by atoms with E-state index < -0.39 is 0 Å². The van der Waals surface area contributed by atoms with Gasteiger partial charge in [-0.15, -0.1) is 0 Å². The summed E-state index contributed by atoms with van der Waals surface area (Å²) in [6.45, 7) is 9.04. The Labute approximate surface area is 250 Å². The largest absolute Gasteiger partial charge is 0.456 e. The van der Waals surface area contributed by atoms with E-state index in [4.69, 9.17) is 13.5 Å². The van der Waals surface area contributed by atoms with E-state index >= 15 is 0 Å². The number of fused-ring (bicyclic) bond motifs is 10. The fourth-order valence-electron chi connectivity index (χ4n) is 7.23. The molecule has 6 aromatic carbocycles. The standard InChI is InChI=1S/C39H31BO3/c1-38(2)22-40(43-39(38,3)4)32-21-35-36(29-17-13-23-9-5-6-10-26(23)37(29)42-35)28-16-14-24(19-30(28)32)25-15-18-34-31(20-25)27-11-7-8-12-33(27)41-34/h5-21H,22H2,1-4H3. The quantitative estimate of drug-likeness (QED) is 0.198. The Morgan fingerprint density at radius 3 is 2.07 bits per heavy atom. The van der Waals surface area contributed by atoms with Gasteiger partial charge >= 0.3 is 6.92 Å². The van der Waals surface area contributed by atoms with Crippen molar-refractivity contribution in [3.8, 4) is 11.1 Å². The SMILES string of the molecule is CC1(C)CB(c2cc3oc4c5ccccc5ccc4c3c3ccc(-c4ccc5oc6ccccc6c5c4)cc23)OC1(C)C. The molecule has 0 N–H and O–H groups in total. The zero-order valence-electron chi connectivity index (χ0n) is 24.8. The third kappa shape index (κ3) is 3.53. The summed E-state index contributed by atoms with van der Waals surface area (Å²) in [4.78, 5) is 0. The maximum atomic E-state index is 6.84. The smallest absolute Gasteiger partial charge is 0.328 e. The predicted molar refractivity (Wildman–Crippen MR) is 181 cm³/mol. The topological polar surface area (TPSA) is 35.5 Å². The maximum Gasteiger partial charge on any atom is 0.328 e. The highest BCUT2D eigenvalue weighted by atomic mass is 16.5. The molecule has 0 saturated carbocycles. The summed E-state index contributed by atoms with van der Waals surface area (Å²) < 4.78 is 19.7. The monoisotopic (exact) mass is 558 g/mol. The van der Waals surface area contributed by atoms with E-state index in [9.17, 15) is 0 Å². The molecule has 0 atom stereocenters. The van der Waals surface area contributed by atoms with Crippen molar-refractivity contribution >= 4 is 77.8 Å². The molecule has 1 aliphatic heterocycles. The van der Waals surface area contributed by atoms with Gasteiger partial charge in [-0.3, -0.25) is 0 Å². The van der Waals surface area contributed by atoms with Crippen molar-refractivity contribution in [2.24, 2.45) is 5.41 Å². The highest BCUT2D eigenvalue weighted by Gasteiger charge is 2.50. The van der Waals surface area contributed by atoms with Crippen LogP contribution in [0.3, 0.4) is 0 Å². The zero-order valence-corrected chi connectivity index (χ0v) is 24.8. The second-order valence-electron chi connectivity index (χ2n) is 13.4. The van der Waals surface area contributed by atoms with Crippen LogP contribution in [0.25, 0.3) is 76.5 Å². The molecule has 1 fully saturated rings. The second-order valence-corrected chi connectivity index (χ2v) is 13.4. The van der Waals surface area contributed by atoms with Crippen LogP contribution in [0.15, 0.2) is 112 Å². The molecule has 9 rings (SSSR count). The van der Waals surface area contributed by atoms with Gasteiger partial charge in [0, 0.05) is 26.9 Å². The van der Waals surface area contributed by atoms with Gasteiger partial charge in [-0.2, -0.15) is 0 Å². The van der Waals surface area contributed by atoms with Crippen molar-refractivity contribution < 1.29 is 13.5 Å². The molecule has 0 unspecified atom stereocenters. The van der Waals surface area contributed by atoms with E-state index in [0.717, 1.165) is 50.2 Å². The molecule has 0 aliphatic carbocycles. The fraction of sp³-hybridized carbons (Fsp3) is 0.179. The first-order valence-corrected chi connectivity index (χ1v) is 15.2. The highest BCUT2D eigenvalue weighted by Crippen LogP contribution is 2.46. The first-order chi connectivity index (χ1) is 20.8. The Kier molecular flexibility index (Phi) is 4.96. The minimum atomic E-state index is -0.242. The van der Waals surface area contributed by atoms with Crippen molar-refractivity contribution in [1.82, 2.24) is 0 Å². The molecule has 3 nitrogen and oxygen atoms in total. The van der Waals surface area contributed by atoms with Gasteiger partial charge in [0.15, 0.2) is 0 Å². The number of para-hydroxylation sites is 1. The molecule has 0 bridgehead atoms. The Balaban J connectivity index is 1.32. The van der Waals surface area contributed by atoms with E-state index in [-0.39, 0.29) is 17.9 Å². The van der Waals surface area contributed by atoms with Gasteiger partial charge in [-0.1, -0.05) is 80.6 Å². The van der Waals surface area contributed by atoms with Crippen LogP contribution in [-0.4, -0.2) is 12.5 Å². The van der Waals surface area contributed by atoms with Gasteiger partial charge in [0.25, 0.3) is 0 Å². The minimum absolute atomic E-state index is 0.0302. The maximum absolute atomic E-state index is 6.84. The van der Waals surface area contributed by atoms with E-state index in [1.165, 1.54) is 38.1 Å². The third-order valence-corrected chi connectivity index (χ3v) is 10.3. The summed E-state index contributed by atoms with van der Waals surface area (Å²) in [6, 6.07) is 36.8. The van der Waals surface area contributed by atoms with Gasteiger partial charge in [0.1, 0.15) is 22.3 Å². The van der Waals surface area contributed by atoms with E-state index in [2.05, 4.69) is 119 Å². The molecule has 2 aromatic heterocycles. The third-order valence-electron chi connectivity index (χ3n) is 10.3. The molecule has 1 saturated heterocycles. The van der Waals surface area contributed by atoms with E-state index in [1.54, 1.807) is 0 Å². The molecule has 0 amide bonds. The van der Waals surface area contributed by atoms with Crippen molar-refractivity contribution in [2.75, 3.05) is 0 Å². The van der Waals surface area contributed by atoms with Gasteiger partial charge in [-0.25, -0.2) is 0 Å². The zero-order chi connectivity index (χ0) is 29.1. The Bertz CT molecular complexity index is 2410. The number of furan rings is 2. The van der Waals surface area contributed by atoms with Crippen molar-refractivity contribution in [3.63, 3.8) is 0 Å².